The van der Waals surface area contributed by atoms with E-state index < -0.39 is 11.5 Å². The maximum Gasteiger partial charge on any atom is 0.236 e. The summed E-state index contributed by atoms with van der Waals surface area (Å²) >= 11 is 0. The first-order valence-corrected chi connectivity index (χ1v) is 7.20. The number of carbonyl (C=O) groups is 2. The van der Waals surface area contributed by atoms with E-state index in [1.165, 1.54) is 4.90 Å². The van der Waals surface area contributed by atoms with E-state index >= 15 is 0 Å². The minimum Gasteiger partial charge on any atom is -0.394 e. The van der Waals surface area contributed by atoms with E-state index in [1.807, 2.05) is 30.3 Å². The Kier molecular flexibility index (Phi) is 3.34. The van der Waals surface area contributed by atoms with Gasteiger partial charge in [0, 0.05) is 6.42 Å². The number of rotatable bonds is 3. The van der Waals surface area contributed by atoms with Crippen molar-refractivity contribution >= 4 is 11.8 Å². The van der Waals surface area contributed by atoms with E-state index in [2.05, 4.69) is 0 Å². The normalized spacial score (nSPS) is 22.8. The van der Waals surface area contributed by atoms with Crippen LogP contribution < -0.4 is 0 Å². The molecule has 0 bridgehead atoms. The van der Waals surface area contributed by atoms with Crippen molar-refractivity contribution in [1.29, 1.82) is 0 Å². The number of imide groups is 1. The highest BCUT2D eigenvalue weighted by Crippen LogP contribution is 2.48. The SMILES string of the molecule is O=C1CC2(CCCC2)C(=O)N1[C@H](CO)c1ccccc1. The molecule has 1 saturated carbocycles. The Morgan fingerprint density at radius 3 is 2.40 bits per heavy atom. The summed E-state index contributed by atoms with van der Waals surface area (Å²) in [5.74, 6) is -0.220. The zero-order valence-corrected chi connectivity index (χ0v) is 11.4. The van der Waals surface area contributed by atoms with Crippen molar-refractivity contribution in [3.63, 3.8) is 0 Å². The van der Waals surface area contributed by atoms with Crippen LogP contribution in [0.15, 0.2) is 30.3 Å². The van der Waals surface area contributed by atoms with Gasteiger partial charge in [-0.15, -0.1) is 0 Å². The molecule has 1 spiro atoms. The second-order valence-corrected chi connectivity index (χ2v) is 5.84. The van der Waals surface area contributed by atoms with Crippen molar-refractivity contribution in [2.45, 2.75) is 38.1 Å². The van der Waals surface area contributed by atoms with E-state index in [0.717, 1.165) is 31.2 Å². The molecule has 2 amide bonds. The molecule has 1 heterocycles. The Hall–Kier alpha value is -1.68. The molecule has 1 aromatic rings. The molecule has 1 saturated heterocycles. The van der Waals surface area contributed by atoms with Crippen LogP contribution >= 0.6 is 0 Å². The van der Waals surface area contributed by atoms with Gasteiger partial charge >= 0.3 is 0 Å². The summed E-state index contributed by atoms with van der Waals surface area (Å²) in [4.78, 5) is 26.3. The molecular weight excluding hydrogens is 254 g/mol. The Morgan fingerprint density at radius 2 is 1.80 bits per heavy atom. The highest BCUT2D eigenvalue weighted by atomic mass is 16.3. The lowest BCUT2D eigenvalue weighted by atomic mass is 9.84. The standard InChI is InChI=1S/C16H19NO3/c18-11-13(12-6-2-1-3-7-12)17-14(19)10-16(15(17)20)8-4-5-9-16/h1-3,6-7,13,18H,4-5,8-11H2/t13-/m1/s1. The predicted molar refractivity (Wildman–Crippen MR) is 73.6 cm³/mol. The molecule has 1 aromatic carbocycles. The largest absolute Gasteiger partial charge is 0.394 e. The first-order valence-electron chi connectivity index (χ1n) is 7.20. The maximum absolute atomic E-state index is 12.7. The van der Waals surface area contributed by atoms with Gasteiger partial charge in [0.15, 0.2) is 0 Å². The van der Waals surface area contributed by atoms with Crippen LogP contribution in [0.3, 0.4) is 0 Å². The lowest BCUT2D eigenvalue weighted by Crippen LogP contribution is -2.39. The van der Waals surface area contributed by atoms with Crippen LogP contribution in [0.25, 0.3) is 0 Å². The van der Waals surface area contributed by atoms with E-state index in [0.29, 0.717) is 6.42 Å². The molecule has 106 valence electrons. The van der Waals surface area contributed by atoms with Crippen molar-refractivity contribution in [2.75, 3.05) is 6.61 Å². The fraction of sp³-hybridized carbons (Fsp3) is 0.500. The van der Waals surface area contributed by atoms with E-state index in [1.54, 1.807) is 0 Å². The second kappa shape index (κ2) is 5.02. The van der Waals surface area contributed by atoms with Gasteiger partial charge in [-0.25, -0.2) is 0 Å². The average molecular weight is 273 g/mol. The average Bonchev–Trinajstić information content (AvgIpc) is 3.02. The zero-order chi connectivity index (χ0) is 14.2. The summed E-state index contributed by atoms with van der Waals surface area (Å²) in [6.45, 7) is -0.225. The Morgan fingerprint density at radius 1 is 1.15 bits per heavy atom. The lowest BCUT2D eigenvalue weighted by Gasteiger charge is -2.27. The number of amides is 2. The molecule has 3 rings (SSSR count). The zero-order valence-electron chi connectivity index (χ0n) is 11.4. The van der Waals surface area contributed by atoms with Gasteiger partial charge in [0.2, 0.25) is 11.8 Å². The molecule has 4 nitrogen and oxygen atoms in total. The molecule has 0 aromatic heterocycles. The van der Waals surface area contributed by atoms with Crippen molar-refractivity contribution in [1.82, 2.24) is 4.90 Å². The number of carbonyl (C=O) groups excluding carboxylic acids is 2. The fourth-order valence-corrected chi connectivity index (χ4v) is 3.59. The maximum atomic E-state index is 12.7. The van der Waals surface area contributed by atoms with E-state index in [9.17, 15) is 14.7 Å². The van der Waals surface area contributed by atoms with Crippen LogP contribution in [0.4, 0.5) is 0 Å². The van der Waals surface area contributed by atoms with E-state index in [4.69, 9.17) is 0 Å². The minimum atomic E-state index is -0.545. The van der Waals surface area contributed by atoms with Crippen LogP contribution in [-0.2, 0) is 9.59 Å². The lowest BCUT2D eigenvalue weighted by molar-refractivity contribution is -0.145. The van der Waals surface area contributed by atoms with Gasteiger partial charge in [-0.2, -0.15) is 0 Å². The molecule has 4 heteroatoms. The monoisotopic (exact) mass is 273 g/mol. The number of hydrogen-bond donors (Lipinski definition) is 1. The highest BCUT2D eigenvalue weighted by molar-refractivity contribution is 6.06. The van der Waals surface area contributed by atoms with Crippen LogP contribution in [0.1, 0.15) is 43.7 Å². The highest BCUT2D eigenvalue weighted by Gasteiger charge is 2.54. The first-order chi connectivity index (χ1) is 9.68. The number of likely N-dealkylation sites (tertiary alicyclic amines) is 1. The summed E-state index contributed by atoms with van der Waals surface area (Å²) in [5.41, 5.74) is 0.339. The molecule has 0 unspecified atom stereocenters. The third-order valence-corrected chi connectivity index (χ3v) is 4.66. The summed E-state index contributed by atoms with van der Waals surface area (Å²) in [6.07, 6.45) is 3.96. The van der Waals surface area contributed by atoms with Gasteiger partial charge in [-0.3, -0.25) is 14.5 Å². The van der Waals surface area contributed by atoms with Gasteiger partial charge < -0.3 is 5.11 Å². The van der Waals surface area contributed by atoms with Crippen molar-refractivity contribution < 1.29 is 14.7 Å². The van der Waals surface area contributed by atoms with Crippen LogP contribution in [-0.4, -0.2) is 28.4 Å². The Bertz CT molecular complexity index is 520. The fourth-order valence-electron chi connectivity index (χ4n) is 3.59. The quantitative estimate of drug-likeness (QED) is 0.857. The summed E-state index contributed by atoms with van der Waals surface area (Å²) in [5, 5.41) is 9.66. The summed E-state index contributed by atoms with van der Waals surface area (Å²) < 4.78 is 0. The van der Waals surface area contributed by atoms with Crippen LogP contribution in [0.2, 0.25) is 0 Å². The van der Waals surface area contributed by atoms with Gasteiger partial charge in [-0.1, -0.05) is 43.2 Å². The molecule has 1 N–H and O–H groups in total. The Labute approximate surface area is 118 Å². The molecule has 0 radical (unpaired) electrons. The second-order valence-electron chi connectivity index (χ2n) is 5.84. The van der Waals surface area contributed by atoms with Gasteiger partial charge in [0.1, 0.15) is 0 Å². The minimum absolute atomic E-state index is 0.0806. The van der Waals surface area contributed by atoms with Crippen molar-refractivity contribution in [3.05, 3.63) is 35.9 Å². The van der Waals surface area contributed by atoms with Crippen molar-refractivity contribution in [2.24, 2.45) is 5.41 Å². The van der Waals surface area contributed by atoms with E-state index in [-0.39, 0.29) is 18.4 Å². The molecule has 1 atom stereocenters. The molecule has 20 heavy (non-hydrogen) atoms. The van der Waals surface area contributed by atoms with Gasteiger partial charge in [-0.05, 0) is 18.4 Å². The molecule has 1 aliphatic heterocycles. The number of hydrogen-bond acceptors (Lipinski definition) is 3. The number of aliphatic hydroxyl groups excluding tert-OH is 1. The number of aliphatic hydroxyl groups is 1. The topological polar surface area (TPSA) is 57.6 Å². The van der Waals surface area contributed by atoms with Crippen LogP contribution in [0.5, 0.6) is 0 Å². The third-order valence-electron chi connectivity index (χ3n) is 4.66. The van der Waals surface area contributed by atoms with Gasteiger partial charge in [0.05, 0.1) is 18.1 Å². The molecule has 2 aliphatic rings. The first kappa shape index (κ1) is 13.3. The summed E-state index contributed by atoms with van der Waals surface area (Å²) in [6, 6.07) is 8.74. The Balaban J connectivity index is 1.92. The predicted octanol–water partition coefficient (Wildman–Crippen LogP) is 2.04. The molecule has 1 aliphatic carbocycles. The van der Waals surface area contributed by atoms with Crippen molar-refractivity contribution in [3.8, 4) is 0 Å². The van der Waals surface area contributed by atoms with Crippen LogP contribution in [0, 0.1) is 5.41 Å². The smallest absolute Gasteiger partial charge is 0.236 e. The molecular formula is C16H19NO3. The molecule has 2 fully saturated rings. The number of benzene rings is 1. The van der Waals surface area contributed by atoms with Gasteiger partial charge in [0.25, 0.3) is 0 Å². The summed E-state index contributed by atoms with van der Waals surface area (Å²) in [7, 11) is 0. The number of nitrogens with zero attached hydrogens (tertiary/aromatic N) is 1. The third kappa shape index (κ3) is 1.95.